The Kier molecular flexibility index (Phi) is 5.97. The van der Waals surface area contributed by atoms with Crippen molar-refractivity contribution in [3.63, 3.8) is 0 Å². The summed E-state index contributed by atoms with van der Waals surface area (Å²) in [6.45, 7) is 4.24. The molecule has 150 valence electrons. The van der Waals surface area contributed by atoms with Gasteiger partial charge in [0.1, 0.15) is 17.1 Å². The Bertz CT molecular complexity index is 979. The van der Waals surface area contributed by atoms with Crippen LogP contribution in [-0.4, -0.2) is 31.6 Å². The molecule has 0 aromatic heterocycles. The van der Waals surface area contributed by atoms with Crippen LogP contribution in [0.2, 0.25) is 0 Å². The predicted molar refractivity (Wildman–Crippen MR) is 109 cm³/mol. The largest absolute Gasteiger partial charge is 0.497 e. The highest BCUT2D eigenvalue weighted by Crippen LogP contribution is 2.29. The smallest absolute Gasteiger partial charge is 0.335 e. The number of barbiturate groups is 1. The number of rotatable bonds is 6. The van der Waals surface area contributed by atoms with E-state index in [1.807, 2.05) is 26.0 Å². The van der Waals surface area contributed by atoms with Crippen molar-refractivity contribution in [2.24, 2.45) is 0 Å². The summed E-state index contributed by atoms with van der Waals surface area (Å²) < 4.78 is 10.8. The summed E-state index contributed by atoms with van der Waals surface area (Å²) >= 11 is 0. The van der Waals surface area contributed by atoms with E-state index in [0.717, 1.165) is 16.9 Å². The van der Waals surface area contributed by atoms with E-state index < -0.39 is 17.8 Å². The number of nitrogens with zero attached hydrogens (tertiary/aromatic N) is 1. The lowest BCUT2D eigenvalue weighted by Gasteiger charge is -2.26. The second-order valence-electron chi connectivity index (χ2n) is 6.31. The molecular formula is C22H22N2O5. The maximum absolute atomic E-state index is 13.0. The van der Waals surface area contributed by atoms with Gasteiger partial charge in [0.25, 0.3) is 11.8 Å². The van der Waals surface area contributed by atoms with Gasteiger partial charge in [-0.1, -0.05) is 19.1 Å². The Hall–Kier alpha value is -3.61. The molecule has 2 aromatic rings. The number of aryl methyl sites for hydroxylation is 1. The molecule has 0 aliphatic carbocycles. The summed E-state index contributed by atoms with van der Waals surface area (Å²) in [4.78, 5) is 38.7. The fourth-order valence-electron chi connectivity index (χ4n) is 2.97. The first-order valence-electron chi connectivity index (χ1n) is 9.29. The number of carbonyl (C=O) groups is 3. The third-order valence-electron chi connectivity index (χ3n) is 4.52. The van der Waals surface area contributed by atoms with E-state index in [1.165, 1.54) is 13.2 Å². The van der Waals surface area contributed by atoms with Crippen LogP contribution in [0.4, 0.5) is 10.5 Å². The summed E-state index contributed by atoms with van der Waals surface area (Å²) in [5, 5.41) is 2.22. The van der Waals surface area contributed by atoms with Crippen molar-refractivity contribution in [2.45, 2.75) is 20.3 Å². The van der Waals surface area contributed by atoms with E-state index in [9.17, 15) is 14.4 Å². The van der Waals surface area contributed by atoms with Crippen molar-refractivity contribution in [1.29, 1.82) is 0 Å². The fraction of sp³-hybridized carbons (Fsp3) is 0.227. The minimum atomic E-state index is -0.777. The second kappa shape index (κ2) is 8.60. The van der Waals surface area contributed by atoms with Gasteiger partial charge < -0.3 is 9.47 Å². The van der Waals surface area contributed by atoms with Gasteiger partial charge in [0.15, 0.2) is 0 Å². The van der Waals surface area contributed by atoms with Crippen LogP contribution in [0, 0.1) is 0 Å². The van der Waals surface area contributed by atoms with Gasteiger partial charge >= 0.3 is 6.03 Å². The Balaban J connectivity index is 2.01. The summed E-state index contributed by atoms with van der Waals surface area (Å²) in [6, 6.07) is 11.3. The number of anilines is 1. The molecule has 1 saturated heterocycles. The Morgan fingerprint density at radius 2 is 1.76 bits per heavy atom. The van der Waals surface area contributed by atoms with Crippen LogP contribution in [0.15, 0.2) is 48.0 Å². The highest BCUT2D eigenvalue weighted by Gasteiger charge is 2.36. The number of imide groups is 2. The zero-order valence-corrected chi connectivity index (χ0v) is 16.5. The number of urea groups is 1. The first kappa shape index (κ1) is 20.1. The quantitative estimate of drug-likeness (QED) is 0.600. The van der Waals surface area contributed by atoms with E-state index in [0.29, 0.717) is 29.4 Å². The van der Waals surface area contributed by atoms with E-state index >= 15 is 0 Å². The van der Waals surface area contributed by atoms with E-state index in [4.69, 9.17) is 9.47 Å². The topological polar surface area (TPSA) is 84.9 Å². The zero-order chi connectivity index (χ0) is 21.0. The molecule has 1 heterocycles. The van der Waals surface area contributed by atoms with Crippen LogP contribution in [0.25, 0.3) is 6.08 Å². The monoisotopic (exact) mass is 394 g/mol. The van der Waals surface area contributed by atoms with Crippen molar-refractivity contribution in [3.05, 3.63) is 59.2 Å². The van der Waals surface area contributed by atoms with Gasteiger partial charge in [-0.05, 0) is 49.2 Å². The van der Waals surface area contributed by atoms with Gasteiger partial charge in [0, 0.05) is 11.6 Å². The van der Waals surface area contributed by atoms with Crippen LogP contribution in [-0.2, 0) is 16.0 Å². The van der Waals surface area contributed by atoms with E-state index in [2.05, 4.69) is 5.32 Å². The lowest BCUT2D eigenvalue weighted by atomic mass is 10.1. The van der Waals surface area contributed by atoms with Crippen LogP contribution in [0.5, 0.6) is 11.5 Å². The molecule has 3 rings (SSSR count). The molecule has 1 aliphatic heterocycles. The average molecular weight is 394 g/mol. The molecule has 0 atom stereocenters. The number of ether oxygens (including phenoxy) is 2. The Labute approximate surface area is 168 Å². The van der Waals surface area contributed by atoms with Gasteiger partial charge in [0.05, 0.1) is 19.4 Å². The van der Waals surface area contributed by atoms with Crippen molar-refractivity contribution in [1.82, 2.24) is 5.32 Å². The highest BCUT2D eigenvalue weighted by atomic mass is 16.5. The number of nitrogens with one attached hydrogen (secondary N) is 1. The van der Waals surface area contributed by atoms with Gasteiger partial charge in [-0.15, -0.1) is 0 Å². The summed E-state index contributed by atoms with van der Waals surface area (Å²) in [5.41, 5.74) is 1.84. The number of hydrogen-bond acceptors (Lipinski definition) is 5. The second-order valence-corrected chi connectivity index (χ2v) is 6.31. The molecule has 1 fully saturated rings. The number of hydrogen-bond donors (Lipinski definition) is 1. The first-order chi connectivity index (χ1) is 14.0. The van der Waals surface area contributed by atoms with Crippen molar-refractivity contribution in [2.75, 3.05) is 18.6 Å². The Morgan fingerprint density at radius 3 is 2.38 bits per heavy atom. The summed E-state index contributed by atoms with van der Waals surface area (Å²) in [6.07, 6.45) is 2.25. The highest BCUT2D eigenvalue weighted by molar-refractivity contribution is 6.39. The van der Waals surface area contributed by atoms with Crippen molar-refractivity contribution >= 4 is 29.6 Å². The van der Waals surface area contributed by atoms with E-state index in [-0.39, 0.29) is 5.57 Å². The SMILES string of the molecule is CCOc1cc(OC)ccc1/C=C1\C(=O)NC(=O)N(c2ccc(CC)cc2)C1=O. The molecule has 0 radical (unpaired) electrons. The van der Waals surface area contributed by atoms with Crippen molar-refractivity contribution < 1.29 is 23.9 Å². The van der Waals surface area contributed by atoms with E-state index in [1.54, 1.807) is 30.3 Å². The third kappa shape index (κ3) is 4.13. The standard InChI is InChI=1S/C22H22N2O5/c1-4-14-6-9-16(10-7-14)24-21(26)18(20(25)23-22(24)27)12-15-8-11-17(28-3)13-19(15)29-5-2/h6-13H,4-5H2,1-3H3,(H,23,25,27)/b18-12+. The van der Waals surface area contributed by atoms with Crippen LogP contribution >= 0.6 is 0 Å². The average Bonchev–Trinajstić information content (AvgIpc) is 2.72. The lowest BCUT2D eigenvalue weighted by molar-refractivity contribution is -0.122. The maximum Gasteiger partial charge on any atom is 0.335 e. The first-order valence-corrected chi connectivity index (χ1v) is 9.29. The minimum absolute atomic E-state index is 0.157. The molecule has 0 bridgehead atoms. The molecule has 0 saturated carbocycles. The molecular weight excluding hydrogens is 372 g/mol. The van der Waals surface area contributed by atoms with Crippen molar-refractivity contribution in [3.8, 4) is 11.5 Å². The normalized spacial score (nSPS) is 15.5. The number of benzene rings is 2. The number of carbonyl (C=O) groups excluding carboxylic acids is 3. The van der Waals surface area contributed by atoms with Crippen LogP contribution in [0.1, 0.15) is 25.0 Å². The predicted octanol–water partition coefficient (Wildman–Crippen LogP) is 3.32. The molecule has 2 aromatic carbocycles. The lowest BCUT2D eigenvalue weighted by Crippen LogP contribution is -2.54. The molecule has 29 heavy (non-hydrogen) atoms. The number of methoxy groups -OCH3 is 1. The van der Waals surface area contributed by atoms with Gasteiger partial charge in [-0.3, -0.25) is 14.9 Å². The van der Waals surface area contributed by atoms with Gasteiger partial charge in [-0.25, -0.2) is 9.69 Å². The third-order valence-corrected chi connectivity index (χ3v) is 4.52. The zero-order valence-electron chi connectivity index (χ0n) is 16.5. The molecule has 4 amide bonds. The molecule has 7 nitrogen and oxygen atoms in total. The van der Waals surface area contributed by atoms with Gasteiger partial charge in [-0.2, -0.15) is 0 Å². The molecule has 1 aliphatic rings. The molecule has 1 N–H and O–H groups in total. The summed E-state index contributed by atoms with van der Waals surface area (Å²) in [7, 11) is 1.54. The van der Waals surface area contributed by atoms with Crippen LogP contribution < -0.4 is 19.7 Å². The molecule has 7 heteroatoms. The van der Waals surface area contributed by atoms with Gasteiger partial charge in [0.2, 0.25) is 0 Å². The fourth-order valence-corrected chi connectivity index (χ4v) is 2.97. The molecule has 0 unspecified atom stereocenters. The minimum Gasteiger partial charge on any atom is -0.497 e. The summed E-state index contributed by atoms with van der Waals surface area (Å²) in [5.74, 6) is -0.389. The number of amides is 4. The van der Waals surface area contributed by atoms with Crippen LogP contribution in [0.3, 0.4) is 0 Å². The molecule has 0 spiro atoms. The Morgan fingerprint density at radius 1 is 1.03 bits per heavy atom. The maximum atomic E-state index is 13.0.